The Morgan fingerprint density at radius 3 is 2.53 bits per heavy atom. The lowest BCUT2D eigenvalue weighted by molar-refractivity contribution is -0.115. The fraction of sp³-hybridized carbons (Fsp3) is 0.188. The van der Waals surface area contributed by atoms with Crippen LogP contribution < -0.4 is 5.32 Å². The third-order valence-electron chi connectivity index (χ3n) is 3.54. The smallest absolute Gasteiger partial charge is 0.242 e. The summed E-state index contributed by atoms with van der Waals surface area (Å²) >= 11 is 1.59. The van der Waals surface area contributed by atoms with E-state index in [0.717, 1.165) is 16.8 Å². The molecule has 1 aliphatic rings. The zero-order valence-electron chi connectivity index (χ0n) is 10.9. The van der Waals surface area contributed by atoms with Gasteiger partial charge in [0.05, 0.1) is 0 Å². The first-order valence-electron chi connectivity index (χ1n) is 6.25. The van der Waals surface area contributed by atoms with Crippen LogP contribution in [0.25, 0.3) is 11.1 Å². The number of hydrogen-bond donors (Lipinski definition) is 1. The molecule has 3 rings (SSSR count). The van der Waals surface area contributed by atoms with Gasteiger partial charge in [-0.1, -0.05) is 36.4 Å². The lowest BCUT2D eigenvalue weighted by atomic mass is 9.94. The van der Waals surface area contributed by atoms with Crippen molar-refractivity contribution in [3.05, 3.63) is 53.6 Å². The molecule has 2 aromatic rings. The van der Waals surface area contributed by atoms with Crippen LogP contribution in [0.2, 0.25) is 0 Å². The molecule has 0 saturated carbocycles. The Kier molecular flexibility index (Phi) is 3.07. The first-order valence-corrected chi connectivity index (χ1v) is 7.53. The summed E-state index contributed by atoms with van der Waals surface area (Å²) in [5.74, 6) is 0.0866. The highest BCUT2D eigenvalue weighted by molar-refractivity contribution is 7.99. The van der Waals surface area contributed by atoms with Crippen LogP contribution in [0.15, 0.2) is 42.5 Å². The zero-order chi connectivity index (χ0) is 13.4. The molecule has 0 radical (unpaired) electrons. The van der Waals surface area contributed by atoms with E-state index >= 15 is 0 Å². The standard InChI is InChI=1S/C16H15NOS/c1-10-6-3-4-7-11(10)12-8-5-9-13-14(12)15(19-2)16(18)17-13/h3-9,15H,1-2H3,(H,17,18). The minimum Gasteiger partial charge on any atom is -0.324 e. The number of hydrogen-bond acceptors (Lipinski definition) is 2. The van der Waals surface area contributed by atoms with Crippen LogP contribution in [0.5, 0.6) is 0 Å². The van der Waals surface area contributed by atoms with Gasteiger partial charge < -0.3 is 5.32 Å². The van der Waals surface area contributed by atoms with Gasteiger partial charge in [0.1, 0.15) is 5.25 Å². The second kappa shape index (κ2) is 4.74. The Bertz CT molecular complexity index is 651. The summed E-state index contributed by atoms with van der Waals surface area (Å²) in [5, 5.41) is 2.86. The number of fused-ring (bicyclic) bond motifs is 1. The molecule has 0 fully saturated rings. The molecular formula is C16H15NOS. The fourth-order valence-electron chi connectivity index (χ4n) is 2.62. The number of carbonyl (C=O) groups is 1. The third-order valence-corrected chi connectivity index (χ3v) is 4.46. The van der Waals surface area contributed by atoms with Gasteiger partial charge in [-0.05, 0) is 35.9 Å². The Labute approximate surface area is 117 Å². The van der Waals surface area contributed by atoms with Gasteiger partial charge in [0.2, 0.25) is 5.91 Å². The second-order valence-corrected chi connectivity index (χ2v) is 5.63. The molecule has 19 heavy (non-hydrogen) atoms. The minimum absolute atomic E-state index is 0.0866. The maximum atomic E-state index is 12.0. The lowest BCUT2D eigenvalue weighted by Gasteiger charge is -2.13. The van der Waals surface area contributed by atoms with Crippen molar-refractivity contribution < 1.29 is 4.79 Å². The van der Waals surface area contributed by atoms with E-state index in [1.807, 2.05) is 30.5 Å². The molecule has 0 saturated heterocycles. The number of aryl methyl sites for hydroxylation is 1. The number of carbonyl (C=O) groups excluding carboxylic acids is 1. The van der Waals surface area contributed by atoms with E-state index in [9.17, 15) is 4.79 Å². The van der Waals surface area contributed by atoms with Gasteiger partial charge in [-0.25, -0.2) is 0 Å². The average Bonchev–Trinajstić information content (AvgIpc) is 2.74. The fourth-order valence-corrected chi connectivity index (χ4v) is 3.38. The average molecular weight is 269 g/mol. The van der Waals surface area contributed by atoms with E-state index in [1.165, 1.54) is 11.1 Å². The minimum atomic E-state index is -0.106. The van der Waals surface area contributed by atoms with Crippen molar-refractivity contribution in [2.75, 3.05) is 11.6 Å². The molecule has 96 valence electrons. The number of nitrogens with one attached hydrogen (secondary N) is 1. The maximum Gasteiger partial charge on any atom is 0.242 e. The molecular weight excluding hydrogens is 254 g/mol. The highest BCUT2D eigenvalue weighted by Crippen LogP contribution is 2.44. The summed E-state index contributed by atoms with van der Waals surface area (Å²) in [6, 6.07) is 14.4. The summed E-state index contributed by atoms with van der Waals surface area (Å²) in [7, 11) is 0. The van der Waals surface area contributed by atoms with Crippen molar-refractivity contribution in [3.8, 4) is 11.1 Å². The molecule has 1 heterocycles. The molecule has 0 aliphatic carbocycles. The van der Waals surface area contributed by atoms with Crippen molar-refractivity contribution in [2.45, 2.75) is 12.2 Å². The summed E-state index contributed by atoms with van der Waals surface area (Å²) in [5.41, 5.74) is 5.66. The van der Waals surface area contributed by atoms with Gasteiger partial charge in [-0.2, -0.15) is 0 Å². The number of benzene rings is 2. The van der Waals surface area contributed by atoms with Crippen LogP contribution in [0, 0.1) is 6.92 Å². The predicted molar refractivity (Wildman–Crippen MR) is 81.5 cm³/mol. The van der Waals surface area contributed by atoms with Crippen molar-refractivity contribution in [1.29, 1.82) is 0 Å². The molecule has 1 N–H and O–H groups in total. The van der Waals surface area contributed by atoms with Crippen LogP contribution in [-0.2, 0) is 4.79 Å². The van der Waals surface area contributed by atoms with Crippen LogP contribution in [0.1, 0.15) is 16.4 Å². The lowest BCUT2D eigenvalue weighted by Crippen LogP contribution is -2.08. The third kappa shape index (κ3) is 1.94. The largest absolute Gasteiger partial charge is 0.324 e. The Morgan fingerprint density at radius 1 is 1.05 bits per heavy atom. The molecule has 0 aromatic heterocycles. The molecule has 2 aromatic carbocycles. The van der Waals surface area contributed by atoms with E-state index in [4.69, 9.17) is 0 Å². The van der Waals surface area contributed by atoms with E-state index < -0.39 is 0 Å². The van der Waals surface area contributed by atoms with E-state index in [0.29, 0.717) is 0 Å². The highest BCUT2D eigenvalue weighted by Gasteiger charge is 2.32. The van der Waals surface area contributed by atoms with Gasteiger partial charge in [-0.3, -0.25) is 4.79 Å². The van der Waals surface area contributed by atoms with Crippen molar-refractivity contribution in [2.24, 2.45) is 0 Å². The normalized spacial score (nSPS) is 17.2. The maximum absolute atomic E-state index is 12.0. The molecule has 1 amide bonds. The molecule has 1 unspecified atom stereocenters. The Balaban J connectivity index is 2.23. The molecule has 2 nitrogen and oxygen atoms in total. The molecule has 1 aliphatic heterocycles. The topological polar surface area (TPSA) is 29.1 Å². The van der Waals surface area contributed by atoms with E-state index in [2.05, 4.69) is 30.4 Å². The first kappa shape index (κ1) is 12.3. The van der Waals surface area contributed by atoms with Crippen LogP contribution in [0.4, 0.5) is 5.69 Å². The quantitative estimate of drug-likeness (QED) is 0.892. The van der Waals surface area contributed by atoms with Crippen LogP contribution >= 0.6 is 11.8 Å². The monoisotopic (exact) mass is 269 g/mol. The van der Waals surface area contributed by atoms with E-state index in [-0.39, 0.29) is 11.2 Å². The van der Waals surface area contributed by atoms with Gasteiger partial charge in [-0.15, -0.1) is 11.8 Å². The molecule has 0 spiro atoms. The molecule has 3 heteroatoms. The Hall–Kier alpha value is -1.74. The summed E-state index contributed by atoms with van der Waals surface area (Å²) in [6.45, 7) is 2.10. The van der Waals surface area contributed by atoms with Gasteiger partial charge >= 0.3 is 0 Å². The SMILES string of the molecule is CSC1C(=O)Nc2cccc(-c3ccccc3C)c21. The zero-order valence-corrected chi connectivity index (χ0v) is 11.8. The van der Waals surface area contributed by atoms with Gasteiger partial charge in [0.25, 0.3) is 0 Å². The number of rotatable bonds is 2. The van der Waals surface area contributed by atoms with Crippen LogP contribution in [0.3, 0.4) is 0 Å². The predicted octanol–water partition coefficient (Wildman–Crippen LogP) is 4.02. The van der Waals surface area contributed by atoms with Crippen molar-refractivity contribution >= 4 is 23.4 Å². The highest BCUT2D eigenvalue weighted by atomic mass is 32.2. The first-order chi connectivity index (χ1) is 9.22. The summed E-state index contributed by atoms with van der Waals surface area (Å²) in [4.78, 5) is 12.0. The van der Waals surface area contributed by atoms with Gasteiger partial charge in [0.15, 0.2) is 0 Å². The number of thioether (sulfide) groups is 1. The number of amides is 1. The Morgan fingerprint density at radius 2 is 1.79 bits per heavy atom. The molecule has 0 bridgehead atoms. The van der Waals surface area contributed by atoms with Crippen LogP contribution in [-0.4, -0.2) is 12.2 Å². The molecule has 1 atom stereocenters. The summed E-state index contributed by atoms with van der Waals surface area (Å²) < 4.78 is 0. The van der Waals surface area contributed by atoms with E-state index in [1.54, 1.807) is 11.8 Å². The second-order valence-electron chi connectivity index (χ2n) is 4.69. The van der Waals surface area contributed by atoms with Gasteiger partial charge in [0, 0.05) is 11.3 Å². The number of anilines is 1. The summed E-state index contributed by atoms with van der Waals surface area (Å²) in [6.07, 6.45) is 1.98. The van der Waals surface area contributed by atoms with Crippen molar-refractivity contribution in [3.63, 3.8) is 0 Å². The van der Waals surface area contributed by atoms with Crippen molar-refractivity contribution in [1.82, 2.24) is 0 Å².